The second-order valence-electron chi connectivity index (χ2n) is 4.93. The summed E-state index contributed by atoms with van der Waals surface area (Å²) < 4.78 is 1.04. The van der Waals surface area contributed by atoms with Crippen molar-refractivity contribution in [2.24, 2.45) is 0 Å². The molecule has 1 heterocycles. The number of thiazole rings is 1. The van der Waals surface area contributed by atoms with Crippen LogP contribution in [0.25, 0.3) is 10.2 Å². The van der Waals surface area contributed by atoms with Gasteiger partial charge in [0, 0.05) is 11.3 Å². The van der Waals surface area contributed by atoms with Gasteiger partial charge >= 0.3 is 0 Å². The van der Waals surface area contributed by atoms with E-state index in [2.05, 4.69) is 10.3 Å². The van der Waals surface area contributed by atoms with Crippen molar-refractivity contribution in [3.63, 3.8) is 0 Å². The molecule has 110 valence electrons. The molecular formula is C17H14N2O2S. The van der Waals surface area contributed by atoms with Crippen LogP contribution in [-0.4, -0.2) is 16.7 Å². The number of anilines is 1. The molecule has 1 N–H and O–H groups in total. The highest BCUT2D eigenvalue weighted by Gasteiger charge is 2.13. The minimum absolute atomic E-state index is 0.177. The summed E-state index contributed by atoms with van der Waals surface area (Å²) >= 11 is 1.59. The van der Waals surface area contributed by atoms with Crippen molar-refractivity contribution in [3.8, 4) is 0 Å². The maximum Gasteiger partial charge on any atom is 0.232 e. The largest absolute Gasteiger partial charge is 0.326 e. The van der Waals surface area contributed by atoms with Gasteiger partial charge in [-0.05, 0) is 37.3 Å². The first-order valence-corrected chi connectivity index (χ1v) is 7.69. The van der Waals surface area contributed by atoms with Crippen molar-refractivity contribution in [1.29, 1.82) is 0 Å². The van der Waals surface area contributed by atoms with E-state index >= 15 is 0 Å². The van der Waals surface area contributed by atoms with Crippen molar-refractivity contribution in [3.05, 3.63) is 59.1 Å². The number of aromatic nitrogens is 1. The molecule has 5 heteroatoms. The van der Waals surface area contributed by atoms with Gasteiger partial charge in [0.25, 0.3) is 0 Å². The van der Waals surface area contributed by atoms with Crippen LogP contribution in [0.15, 0.2) is 48.5 Å². The van der Waals surface area contributed by atoms with Crippen LogP contribution in [0.5, 0.6) is 0 Å². The van der Waals surface area contributed by atoms with Gasteiger partial charge in [-0.1, -0.05) is 18.2 Å². The summed E-state index contributed by atoms with van der Waals surface area (Å²) in [6.45, 7) is 1.93. The Morgan fingerprint density at radius 3 is 2.68 bits per heavy atom. The van der Waals surface area contributed by atoms with Crippen LogP contribution in [0, 0.1) is 6.92 Å². The number of ketones is 1. The summed E-state index contributed by atoms with van der Waals surface area (Å²) in [5.41, 5.74) is 2.00. The Balaban J connectivity index is 1.71. The summed E-state index contributed by atoms with van der Waals surface area (Å²) in [6, 6.07) is 14.5. The third-order valence-corrected chi connectivity index (χ3v) is 4.15. The van der Waals surface area contributed by atoms with E-state index in [4.69, 9.17) is 0 Å². The lowest BCUT2D eigenvalue weighted by Gasteiger charge is -2.04. The minimum atomic E-state index is -0.314. The quantitative estimate of drug-likeness (QED) is 0.589. The van der Waals surface area contributed by atoms with E-state index < -0.39 is 0 Å². The summed E-state index contributed by atoms with van der Waals surface area (Å²) in [7, 11) is 0. The Kier molecular flexibility index (Phi) is 3.98. The molecule has 3 aromatic rings. The number of hydrogen-bond acceptors (Lipinski definition) is 4. The lowest BCUT2D eigenvalue weighted by molar-refractivity contribution is -0.115. The van der Waals surface area contributed by atoms with Crippen LogP contribution >= 0.6 is 11.3 Å². The van der Waals surface area contributed by atoms with Crippen molar-refractivity contribution in [2.45, 2.75) is 13.3 Å². The lowest BCUT2D eigenvalue weighted by atomic mass is 10.1. The highest BCUT2D eigenvalue weighted by molar-refractivity contribution is 7.18. The van der Waals surface area contributed by atoms with Crippen molar-refractivity contribution >= 4 is 38.9 Å². The summed E-state index contributed by atoms with van der Waals surface area (Å²) in [5.74, 6) is -0.522. The maximum atomic E-state index is 12.2. The zero-order valence-electron chi connectivity index (χ0n) is 12.0. The molecule has 1 amide bonds. The molecule has 0 saturated carbocycles. The highest BCUT2D eigenvalue weighted by atomic mass is 32.1. The molecule has 0 aliphatic carbocycles. The van der Waals surface area contributed by atoms with Crippen molar-refractivity contribution < 1.29 is 9.59 Å². The van der Waals surface area contributed by atoms with E-state index in [0.717, 1.165) is 15.2 Å². The molecule has 2 aromatic carbocycles. The second kappa shape index (κ2) is 6.07. The van der Waals surface area contributed by atoms with Gasteiger partial charge in [0.15, 0.2) is 5.78 Å². The molecule has 0 atom stereocenters. The van der Waals surface area contributed by atoms with Crippen LogP contribution in [0.1, 0.15) is 21.8 Å². The van der Waals surface area contributed by atoms with Crippen LogP contribution in [0.4, 0.5) is 5.69 Å². The summed E-state index contributed by atoms with van der Waals surface area (Å²) in [6.07, 6.45) is -0.177. The number of hydrogen-bond donors (Lipinski definition) is 1. The Morgan fingerprint density at radius 1 is 1.14 bits per heavy atom. The number of amides is 1. The smallest absolute Gasteiger partial charge is 0.232 e. The van der Waals surface area contributed by atoms with Crippen LogP contribution in [0.2, 0.25) is 0 Å². The number of nitrogens with zero attached hydrogens (tertiary/aromatic N) is 1. The summed E-state index contributed by atoms with van der Waals surface area (Å²) in [4.78, 5) is 28.5. The molecule has 3 rings (SSSR count). The van der Waals surface area contributed by atoms with Gasteiger partial charge in [0.1, 0.15) is 0 Å². The number of rotatable bonds is 4. The Bertz CT molecular complexity index is 840. The van der Waals surface area contributed by atoms with E-state index in [0.29, 0.717) is 11.3 Å². The Hall–Kier alpha value is -2.53. The van der Waals surface area contributed by atoms with E-state index in [1.54, 1.807) is 35.6 Å². The van der Waals surface area contributed by atoms with E-state index in [1.165, 1.54) is 0 Å². The van der Waals surface area contributed by atoms with Crippen LogP contribution in [-0.2, 0) is 4.79 Å². The third kappa shape index (κ3) is 3.20. The first-order valence-electron chi connectivity index (χ1n) is 6.87. The molecular weight excluding hydrogens is 296 g/mol. The number of Topliss-reactive ketones (excluding diaryl/α,β-unsaturated/α-hetero) is 1. The Morgan fingerprint density at radius 2 is 1.91 bits per heavy atom. The zero-order chi connectivity index (χ0) is 15.5. The molecule has 0 saturated heterocycles. The molecule has 0 radical (unpaired) electrons. The van der Waals surface area contributed by atoms with Crippen LogP contribution < -0.4 is 5.32 Å². The predicted octanol–water partition coefficient (Wildman–Crippen LogP) is 3.82. The highest BCUT2D eigenvalue weighted by Crippen LogP contribution is 2.23. The third-order valence-electron chi connectivity index (χ3n) is 3.20. The monoisotopic (exact) mass is 310 g/mol. The predicted molar refractivity (Wildman–Crippen MR) is 88.4 cm³/mol. The fourth-order valence-electron chi connectivity index (χ4n) is 2.19. The molecule has 0 aliphatic rings. The number of carbonyl (C=O) groups is 2. The van der Waals surface area contributed by atoms with Gasteiger partial charge in [0.2, 0.25) is 5.91 Å². The fraction of sp³-hybridized carbons (Fsp3) is 0.118. The Labute approximate surface area is 131 Å². The zero-order valence-corrected chi connectivity index (χ0v) is 12.8. The van der Waals surface area contributed by atoms with Crippen molar-refractivity contribution in [2.75, 3.05) is 5.32 Å². The van der Waals surface area contributed by atoms with Gasteiger partial charge in [-0.3, -0.25) is 9.59 Å². The molecule has 4 nitrogen and oxygen atoms in total. The molecule has 0 aliphatic heterocycles. The standard InChI is InChI=1S/C17H14N2O2S/c1-11-18-14-9-12(7-8-16(14)22-11)15(20)10-17(21)19-13-5-3-2-4-6-13/h2-9H,10H2,1H3,(H,19,21). The fourth-order valence-corrected chi connectivity index (χ4v) is 3.00. The van der Waals surface area contributed by atoms with Crippen LogP contribution in [0.3, 0.4) is 0 Å². The first kappa shape index (κ1) is 14.4. The number of carbonyl (C=O) groups excluding carboxylic acids is 2. The molecule has 0 unspecified atom stereocenters. The minimum Gasteiger partial charge on any atom is -0.326 e. The average Bonchev–Trinajstić information content (AvgIpc) is 2.87. The average molecular weight is 310 g/mol. The van der Waals surface area contributed by atoms with Gasteiger partial charge in [-0.15, -0.1) is 11.3 Å². The van der Waals surface area contributed by atoms with E-state index in [-0.39, 0.29) is 18.1 Å². The topological polar surface area (TPSA) is 59.1 Å². The number of para-hydroxylation sites is 1. The lowest BCUT2D eigenvalue weighted by Crippen LogP contribution is -2.16. The van der Waals surface area contributed by atoms with Gasteiger partial charge in [-0.2, -0.15) is 0 Å². The normalized spacial score (nSPS) is 10.6. The number of nitrogens with one attached hydrogen (secondary N) is 1. The molecule has 22 heavy (non-hydrogen) atoms. The van der Waals surface area contributed by atoms with E-state index in [1.807, 2.05) is 31.2 Å². The van der Waals surface area contributed by atoms with Gasteiger partial charge in [0.05, 0.1) is 21.6 Å². The molecule has 1 aromatic heterocycles. The molecule has 0 spiro atoms. The van der Waals surface area contributed by atoms with Crippen molar-refractivity contribution in [1.82, 2.24) is 4.98 Å². The van der Waals surface area contributed by atoms with Gasteiger partial charge in [-0.25, -0.2) is 4.98 Å². The summed E-state index contributed by atoms with van der Waals surface area (Å²) in [5, 5.41) is 3.67. The number of fused-ring (bicyclic) bond motifs is 1. The SMILES string of the molecule is Cc1nc2cc(C(=O)CC(=O)Nc3ccccc3)ccc2s1. The maximum absolute atomic E-state index is 12.2. The second-order valence-corrected chi connectivity index (χ2v) is 6.16. The number of benzene rings is 2. The van der Waals surface area contributed by atoms with Gasteiger partial charge < -0.3 is 5.32 Å². The first-order chi connectivity index (χ1) is 10.6. The molecule has 0 bridgehead atoms. The number of aryl methyl sites for hydroxylation is 1. The van der Waals surface area contributed by atoms with E-state index in [9.17, 15) is 9.59 Å². The molecule has 0 fully saturated rings.